The number of fused-ring (bicyclic) bond motifs is 5. The van der Waals surface area contributed by atoms with Gasteiger partial charge in [0.1, 0.15) is 0 Å². The van der Waals surface area contributed by atoms with Crippen LogP contribution in [0.1, 0.15) is 85.5 Å². The molecule has 188 valence electrons. The van der Waals surface area contributed by atoms with Crippen molar-refractivity contribution in [3.63, 3.8) is 0 Å². The second-order valence-corrected chi connectivity index (χ2v) is 12.5. The molecule has 5 nitrogen and oxygen atoms in total. The first-order valence-electron chi connectivity index (χ1n) is 13.3. The van der Waals surface area contributed by atoms with E-state index in [0.717, 1.165) is 57.8 Å². The lowest BCUT2D eigenvalue weighted by Crippen LogP contribution is -2.62. The number of carbonyl (C=O) groups is 1. The number of esters is 1. The van der Waals surface area contributed by atoms with Crippen LogP contribution in [0.2, 0.25) is 0 Å². The number of ether oxygens (including phenoxy) is 1. The molecular formula is C28H46O5. The lowest BCUT2D eigenvalue weighted by molar-refractivity contribution is -0.207. The van der Waals surface area contributed by atoms with Gasteiger partial charge >= 0.3 is 5.97 Å². The molecular weight excluding hydrogens is 416 g/mol. The molecule has 4 saturated carbocycles. The van der Waals surface area contributed by atoms with Crippen molar-refractivity contribution >= 4 is 5.97 Å². The molecule has 33 heavy (non-hydrogen) atoms. The van der Waals surface area contributed by atoms with Crippen molar-refractivity contribution in [3.05, 3.63) is 11.6 Å². The Bertz CT molecular complexity index is 763. The van der Waals surface area contributed by atoms with E-state index in [1.54, 1.807) is 6.92 Å². The highest BCUT2D eigenvalue weighted by Gasteiger charge is 2.65. The monoisotopic (exact) mass is 462 g/mol. The molecule has 0 radical (unpaired) electrons. The van der Waals surface area contributed by atoms with Crippen LogP contribution >= 0.6 is 0 Å². The topological polar surface area (TPSA) is 87.0 Å². The number of allylic oxidation sites excluding steroid dienone is 1. The summed E-state index contributed by atoms with van der Waals surface area (Å²) in [4.78, 5) is 11.7. The van der Waals surface area contributed by atoms with E-state index in [1.807, 2.05) is 6.08 Å². The summed E-state index contributed by atoms with van der Waals surface area (Å²) in [5, 5.41) is 33.3. The number of hydrogen-bond acceptors (Lipinski definition) is 5. The zero-order valence-electron chi connectivity index (χ0n) is 21.3. The van der Waals surface area contributed by atoms with Crippen LogP contribution in [0, 0.1) is 46.3 Å². The smallest absolute Gasteiger partial charge is 0.333 e. The van der Waals surface area contributed by atoms with Crippen LogP contribution in [0.15, 0.2) is 11.6 Å². The molecule has 0 heterocycles. The lowest BCUT2D eigenvalue weighted by Gasteiger charge is -2.63. The zero-order chi connectivity index (χ0) is 24.1. The number of methoxy groups -OCH3 is 1. The summed E-state index contributed by atoms with van der Waals surface area (Å²) < 4.78 is 4.80. The SMILES string of the molecule is COC(=O)/C(C)=C/CC[C@@H](C)[C@H]1CC[C@H]2[C@@H]3C(O)CC4CC(O)CC[C@]4(C)[C@H]3CC(O)[C@]12C. The highest BCUT2D eigenvalue weighted by molar-refractivity contribution is 5.87. The quantitative estimate of drug-likeness (QED) is 0.414. The van der Waals surface area contributed by atoms with Crippen molar-refractivity contribution in [2.45, 2.75) is 104 Å². The maximum absolute atomic E-state index is 11.7. The molecule has 0 amide bonds. The van der Waals surface area contributed by atoms with Gasteiger partial charge in [-0.1, -0.05) is 26.8 Å². The first-order valence-corrected chi connectivity index (χ1v) is 13.3. The third kappa shape index (κ3) is 4.10. The van der Waals surface area contributed by atoms with Crippen molar-refractivity contribution in [1.29, 1.82) is 0 Å². The van der Waals surface area contributed by atoms with E-state index in [1.165, 1.54) is 7.11 Å². The summed E-state index contributed by atoms with van der Waals surface area (Å²) in [7, 11) is 1.41. The van der Waals surface area contributed by atoms with Crippen molar-refractivity contribution in [1.82, 2.24) is 0 Å². The summed E-state index contributed by atoms with van der Waals surface area (Å²) in [6.45, 7) is 8.79. The number of aliphatic hydroxyl groups is 3. The zero-order valence-corrected chi connectivity index (χ0v) is 21.3. The Balaban J connectivity index is 1.52. The van der Waals surface area contributed by atoms with Crippen LogP contribution in [0.4, 0.5) is 0 Å². The predicted octanol–water partition coefficient (Wildman–Crippen LogP) is 4.48. The Morgan fingerprint density at radius 2 is 1.82 bits per heavy atom. The molecule has 0 aromatic carbocycles. The molecule has 4 aliphatic rings. The molecule has 3 N–H and O–H groups in total. The summed E-state index contributed by atoms with van der Waals surface area (Å²) in [5.41, 5.74) is 0.609. The van der Waals surface area contributed by atoms with Gasteiger partial charge < -0.3 is 20.1 Å². The fourth-order valence-electron chi connectivity index (χ4n) is 9.14. The standard InChI is InChI=1S/C28H46O5/c1-16(7-6-8-17(2)26(32)33-5)20-9-10-21-25-22(15-24(31)28(20,21)4)27(3)12-11-19(29)13-18(27)14-23(25)30/h8,16,18-25,29-31H,6-7,9-15H2,1-5H3/b17-8+/t16-,18?,19?,20-,21+,22+,23?,24?,25+,27+,28-/m1/s1. The average Bonchev–Trinajstić information content (AvgIpc) is 3.13. The minimum Gasteiger partial charge on any atom is -0.466 e. The molecule has 5 heteroatoms. The molecule has 11 atom stereocenters. The molecule has 0 saturated heterocycles. The number of carbonyl (C=O) groups excluding carboxylic acids is 1. The fourth-order valence-corrected chi connectivity index (χ4v) is 9.14. The first kappa shape index (κ1) is 25.2. The third-order valence-electron chi connectivity index (χ3n) is 11.1. The van der Waals surface area contributed by atoms with E-state index in [4.69, 9.17) is 4.74 Å². The van der Waals surface area contributed by atoms with Crippen LogP contribution in [-0.4, -0.2) is 46.7 Å². The van der Waals surface area contributed by atoms with E-state index in [2.05, 4.69) is 20.8 Å². The van der Waals surface area contributed by atoms with Gasteiger partial charge in [0.15, 0.2) is 0 Å². The van der Waals surface area contributed by atoms with E-state index in [-0.39, 0.29) is 41.0 Å². The van der Waals surface area contributed by atoms with Gasteiger partial charge in [0, 0.05) is 5.57 Å². The number of aliphatic hydroxyl groups excluding tert-OH is 3. The van der Waals surface area contributed by atoms with Gasteiger partial charge in [0.25, 0.3) is 0 Å². The Labute approximate surface area is 200 Å². The van der Waals surface area contributed by atoms with E-state index in [9.17, 15) is 20.1 Å². The molecule has 0 spiro atoms. The fraction of sp³-hybridized carbons (Fsp3) is 0.893. The third-order valence-corrected chi connectivity index (χ3v) is 11.1. The Morgan fingerprint density at radius 1 is 1.09 bits per heavy atom. The second kappa shape index (κ2) is 9.28. The maximum Gasteiger partial charge on any atom is 0.333 e. The van der Waals surface area contributed by atoms with Crippen LogP contribution in [0.5, 0.6) is 0 Å². The van der Waals surface area contributed by atoms with Gasteiger partial charge in [0.2, 0.25) is 0 Å². The summed E-state index contributed by atoms with van der Waals surface area (Å²) >= 11 is 0. The van der Waals surface area contributed by atoms with Crippen molar-refractivity contribution in [2.24, 2.45) is 46.3 Å². The number of rotatable bonds is 5. The van der Waals surface area contributed by atoms with E-state index < -0.39 is 0 Å². The molecule has 4 fully saturated rings. The maximum atomic E-state index is 11.7. The van der Waals surface area contributed by atoms with Gasteiger partial charge in [0.05, 0.1) is 25.4 Å². The molecule has 0 aliphatic heterocycles. The van der Waals surface area contributed by atoms with Gasteiger partial charge in [-0.15, -0.1) is 0 Å². The number of hydrogen-bond donors (Lipinski definition) is 3. The molecule has 4 rings (SSSR count). The van der Waals surface area contributed by atoms with Gasteiger partial charge in [-0.25, -0.2) is 4.79 Å². The largest absolute Gasteiger partial charge is 0.466 e. The molecule has 4 unspecified atom stereocenters. The van der Waals surface area contributed by atoms with Crippen molar-refractivity contribution in [2.75, 3.05) is 7.11 Å². The molecule has 0 bridgehead atoms. The van der Waals surface area contributed by atoms with E-state index >= 15 is 0 Å². The van der Waals surface area contributed by atoms with Crippen molar-refractivity contribution in [3.8, 4) is 0 Å². The summed E-state index contributed by atoms with van der Waals surface area (Å²) in [5.74, 6) is 1.91. The van der Waals surface area contributed by atoms with Gasteiger partial charge in [-0.3, -0.25) is 0 Å². The highest BCUT2D eigenvalue weighted by Crippen LogP contribution is 2.68. The van der Waals surface area contributed by atoms with Crippen molar-refractivity contribution < 1.29 is 24.9 Å². The normalized spacial score (nSPS) is 48.4. The Hall–Kier alpha value is -0.910. The van der Waals surface area contributed by atoms with Gasteiger partial charge in [-0.05, 0) is 111 Å². The molecule has 0 aromatic rings. The van der Waals surface area contributed by atoms with Crippen LogP contribution in [-0.2, 0) is 9.53 Å². The molecule has 4 aliphatic carbocycles. The van der Waals surface area contributed by atoms with Gasteiger partial charge in [-0.2, -0.15) is 0 Å². The van der Waals surface area contributed by atoms with Crippen LogP contribution in [0.25, 0.3) is 0 Å². The summed E-state index contributed by atoms with van der Waals surface area (Å²) in [6.07, 6.45) is 9.33. The van der Waals surface area contributed by atoms with Crippen LogP contribution in [0.3, 0.4) is 0 Å². The predicted molar refractivity (Wildman–Crippen MR) is 128 cm³/mol. The first-order chi connectivity index (χ1) is 15.5. The van der Waals surface area contributed by atoms with E-state index in [0.29, 0.717) is 35.2 Å². The Morgan fingerprint density at radius 3 is 2.52 bits per heavy atom. The second-order valence-electron chi connectivity index (χ2n) is 12.5. The minimum absolute atomic E-state index is 0.116. The minimum atomic E-state index is -0.347. The average molecular weight is 463 g/mol. The Kier molecular flexibility index (Phi) is 7.08. The highest BCUT2D eigenvalue weighted by atomic mass is 16.5. The summed E-state index contributed by atoms with van der Waals surface area (Å²) in [6, 6.07) is 0. The molecule has 0 aromatic heterocycles. The van der Waals surface area contributed by atoms with Crippen LogP contribution < -0.4 is 0 Å². The lowest BCUT2D eigenvalue weighted by atomic mass is 9.43.